The molecular formula is C16H26N2O. The number of nitrogens with one attached hydrogen (secondary N) is 1. The van der Waals surface area contributed by atoms with Gasteiger partial charge in [-0.05, 0) is 38.9 Å². The van der Waals surface area contributed by atoms with Crippen LogP contribution in [0.15, 0.2) is 30.3 Å². The molecule has 0 amide bonds. The summed E-state index contributed by atoms with van der Waals surface area (Å²) in [6.45, 7) is 1.75. The maximum Gasteiger partial charge on any atom is 0.0657 e. The molecule has 1 fully saturated rings. The second-order valence-electron chi connectivity index (χ2n) is 5.77. The molecule has 2 rings (SSSR count). The number of likely N-dealkylation sites (N-methyl/N-ethyl adjacent to an activating group) is 1. The molecule has 0 bridgehead atoms. The van der Waals surface area contributed by atoms with Gasteiger partial charge in [-0.1, -0.05) is 30.3 Å². The Hall–Kier alpha value is -0.900. The van der Waals surface area contributed by atoms with Gasteiger partial charge in [0.15, 0.2) is 0 Å². The summed E-state index contributed by atoms with van der Waals surface area (Å²) in [5.74, 6) is 0. The van der Waals surface area contributed by atoms with Gasteiger partial charge in [0, 0.05) is 19.2 Å². The Morgan fingerprint density at radius 1 is 1.26 bits per heavy atom. The lowest BCUT2D eigenvalue weighted by molar-refractivity contribution is 0.0521. The molecule has 0 aromatic heterocycles. The van der Waals surface area contributed by atoms with Gasteiger partial charge in [-0.2, -0.15) is 0 Å². The second-order valence-corrected chi connectivity index (χ2v) is 5.77. The molecule has 1 unspecified atom stereocenters. The highest BCUT2D eigenvalue weighted by Gasteiger charge is 2.39. The van der Waals surface area contributed by atoms with Gasteiger partial charge < -0.3 is 15.0 Å². The Bertz CT molecular complexity index is 374. The topological polar surface area (TPSA) is 24.5 Å². The van der Waals surface area contributed by atoms with E-state index in [4.69, 9.17) is 4.74 Å². The fourth-order valence-electron chi connectivity index (χ4n) is 2.81. The van der Waals surface area contributed by atoms with Gasteiger partial charge in [-0.25, -0.2) is 0 Å². The van der Waals surface area contributed by atoms with Crippen molar-refractivity contribution >= 4 is 0 Å². The van der Waals surface area contributed by atoms with E-state index < -0.39 is 0 Å². The lowest BCUT2D eigenvalue weighted by atomic mass is 9.75. The number of benzene rings is 1. The maximum atomic E-state index is 5.36. The van der Waals surface area contributed by atoms with Gasteiger partial charge in [0.1, 0.15) is 0 Å². The van der Waals surface area contributed by atoms with E-state index in [2.05, 4.69) is 54.6 Å². The quantitative estimate of drug-likeness (QED) is 0.817. The summed E-state index contributed by atoms with van der Waals surface area (Å²) in [6.07, 6.45) is 3.93. The standard InChI is InChI=1S/C16H26N2O/c1-18(2)16(10-7-11-16)13-17-15(12-19-3)14-8-5-4-6-9-14/h4-6,8-9,15,17H,7,10-13H2,1-3H3. The van der Waals surface area contributed by atoms with Crippen LogP contribution in [0.3, 0.4) is 0 Å². The fraction of sp³-hybridized carbons (Fsp3) is 0.625. The largest absolute Gasteiger partial charge is 0.383 e. The van der Waals surface area contributed by atoms with E-state index in [1.807, 2.05) is 0 Å². The lowest BCUT2D eigenvalue weighted by Gasteiger charge is -2.48. The third kappa shape index (κ3) is 3.35. The van der Waals surface area contributed by atoms with E-state index in [9.17, 15) is 0 Å². The first-order valence-electron chi connectivity index (χ1n) is 7.13. The first-order chi connectivity index (χ1) is 9.18. The van der Waals surface area contributed by atoms with E-state index in [-0.39, 0.29) is 6.04 Å². The molecule has 0 spiro atoms. The average molecular weight is 262 g/mol. The van der Waals surface area contributed by atoms with Crippen LogP contribution in [0.4, 0.5) is 0 Å². The first kappa shape index (κ1) is 14.5. The van der Waals surface area contributed by atoms with Crippen molar-refractivity contribution in [2.45, 2.75) is 30.8 Å². The smallest absolute Gasteiger partial charge is 0.0657 e. The highest BCUT2D eigenvalue weighted by Crippen LogP contribution is 2.35. The Morgan fingerprint density at radius 2 is 1.95 bits per heavy atom. The molecule has 1 saturated carbocycles. The zero-order valence-electron chi connectivity index (χ0n) is 12.4. The van der Waals surface area contributed by atoms with Crippen LogP contribution in [0.25, 0.3) is 0 Å². The molecule has 1 aromatic rings. The van der Waals surface area contributed by atoms with Gasteiger partial charge in [0.05, 0.1) is 12.6 Å². The molecule has 0 aliphatic heterocycles. The van der Waals surface area contributed by atoms with Crippen molar-refractivity contribution in [3.8, 4) is 0 Å². The van der Waals surface area contributed by atoms with Crippen LogP contribution in [0.5, 0.6) is 0 Å². The Balaban J connectivity index is 1.98. The van der Waals surface area contributed by atoms with Crippen molar-refractivity contribution in [1.82, 2.24) is 10.2 Å². The molecule has 0 heterocycles. The average Bonchev–Trinajstić information content (AvgIpc) is 2.37. The number of nitrogens with zero attached hydrogens (tertiary/aromatic N) is 1. The van der Waals surface area contributed by atoms with Crippen LogP contribution in [0, 0.1) is 0 Å². The van der Waals surface area contributed by atoms with Crippen LogP contribution >= 0.6 is 0 Å². The molecule has 1 aliphatic rings. The molecule has 1 aliphatic carbocycles. The van der Waals surface area contributed by atoms with Crippen LogP contribution in [-0.4, -0.2) is 44.8 Å². The molecule has 3 nitrogen and oxygen atoms in total. The van der Waals surface area contributed by atoms with Crippen molar-refractivity contribution in [2.24, 2.45) is 0 Å². The van der Waals surface area contributed by atoms with Crippen LogP contribution < -0.4 is 5.32 Å². The van der Waals surface area contributed by atoms with E-state index >= 15 is 0 Å². The Labute approximate surface area is 116 Å². The minimum absolute atomic E-state index is 0.281. The fourth-order valence-corrected chi connectivity index (χ4v) is 2.81. The van der Waals surface area contributed by atoms with Crippen LogP contribution in [0.1, 0.15) is 30.9 Å². The molecular weight excluding hydrogens is 236 g/mol. The molecule has 0 radical (unpaired) electrons. The summed E-state index contributed by atoms with van der Waals surface area (Å²) in [5.41, 5.74) is 1.65. The molecule has 0 saturated heterocycles. The zero-order chi connectivity index (χ0) is 13.7. The van der Waals surface area contributed by atoms with Gasteiger partial charge in [-0.15, -0.1) is 0 Å². The predicted molar refractivity (Wildman–Crippen MR) is 79.3 cm³/mol. The van der Waals surface area contributed by atoms with Gasteiger partial charge in [0.2, 0.25) is 0 Å². The number of ether oxygens (including phenoxy) is 1. The highest BCUT2D eigenvalue weighted by atomic mass is 16.5. The van der Waals surface area contributed by atoms with Gasteiger partial charge >= 0.3 is 0 Å². The number of hydrogen-bond acceptors (Lipinski definition) is 3. The van der Waals surface area contributed by atoms with Crippen LogP contribution in [0.2, 0.25) is 0 Å². The third-order valence-electron chi connectivity index (χ3n) is 4.45. The van der Waals surface area contributed by atoms with E-state index in [0.717, 1.165) is 6.54 Å². The van der Waals surface area contributed by atoms with E-state index in [0.29, 0.717) is 12.1 Å². The van der Waals surface area contributed by atoms with Crippen molar-refractivity contribution in [3.63, 3.8) is 0 Å². The number of hydrogen-bond donors (Lipinski definition) is 1. The van der Waals surface area contributed by atoms with Crippen molar-refractivity contribution < 1.29 is 4.74 Å². The highest BCUT2D eigenvalue weighted by molar-refractivity contribution is 5.19. The Kier molecular flexibility index (Phi) is 4.97. The van der Waals surface area contributed by atoms with Gasteiger partial charge in [0.25, 0.3) is 0 Å². The summed E-state index contributed by atoms with van der Waals surface area (Å²) < 4.78 is 5.36. The number of rotatable bonds is 7. The summed E-state index contributed by atoms with van der Waals surface area (Å²) >= 11 is 0. The number of methoxy groups -OCH3 is 1. The first-order valence-corrected chi connectivity index (χ1v) is 7.13. The van der Waals surface area contributed by atoms with E-state index in [1.165, 1.54) is 24.8 Å². The summed E-state index contributed by atoms with van der Waals surface area (Å²) in [4.78, 5) is 2.37. The molecule has 1 aromatic carbocycles. The molecule has 1 atom stereocenters. The molecule has 19 heavy (non-hydrogen) atoms. The van der Waals surface area contributed by atoms with Crippen molar-refractivity contribution in [2.75, 3.05) is 34.4 Å². The van der Waals surface area contributed by atoms with Crippen molar-refractivity contribution in [1.29, 1.82) is 0 Å². The SMILES string of the molecule is COCC(NCC1(N(C)C)CCC1)c1ccccc1. The lowest BCUT2D eigenvalue weighted by Crippen LogP contribution is -2.57. The summed E-state index contributed by atoms with van der Waals surface area (Å²) in [7, 11) is 6.14. The zero-order valence-corrected chi connectivity index (χ0v) is 12.4. The van der Waals surface area contributed by atoms with E-state index in [1.54, 1.807) is 7.11 Å². The minimum atomic E-state index is 0.281. The predicted octanol–water partition coefficient (Wildman–Crippen LogP) is 2.45. The summed E-state index contributed by atoms with van der Waals surface area (Å²) in [6, 6.07) is 10.8. The Morgan fingerprint density at radius 3 is 2.42 bits per heavy atom. The minimum Gasteiger partial charge on any atom is -0.383 e. The normalized spacial score (nSPS) is 19.2. The third-order valence-corrected chi connectivity index (χ3v) is 4.45. The second kappa shape index (κ2) is 6.51. The molecule has 3 heteroatoms. The molecule has 1 N–H and O–H groups in total. The maximum absolute atomic E-state index is 5.36. The molecule has 106 valence electrons. The monoisotopic (exact) mass is 262 g/mol. The van der Waals surface area contributed by atoms with Gasteiger partial charge in [-0.3, -0.25) is 0 Å². The van der Waals surface area contributed by atoms with Crippen LogP contribution in [-0.2, 0) is 4.74 Å². The van der Waals surface area contributed by atoms with Crippen molar-refractivity contribution in [3.05, 3.63) is 35.9 Å². The summed E-state index contributed by atoms with van der Waals surface area (Å²) in [5, 5.41) is 3.69.